The molecule has 0 amide bonds. The maximum absolute atomic E-state index is 8.81. The Bertz CT molecular complexity index is 395. The zero-order chi connectivity index (χ0) is 12.5. The quantitative estimate of drug-likeness (QED) is 0.229. The van der Waals surface area contributed by atoms with Crippen LogP contribution in [0.1, 0.15) is 5.69 Å². The molecule has 1 heterocycles. The Balaban J connectivity index is 2.27. The van der Waals surface area contributed by atoms with E-state index in [1.54, 1.807) is 13.2 Å². The van der Waals surface area contributed by atoms with Crippen LogP contribution in [0.2, 0.25) is 0 Å². The van der Waals surface area contributed by atoms with Gasteiger partial charge in [-0.25, -0.2) is 4.90 Å². The maximum Gasteiger partial charge on any atom is 0.204 e. The van der Waals surface area contributed by atoms with Gasteiger partial charge in [-0.3, -0.25) is 4.99 Å². The highest BCUT2D eigenvalue weighted by Crippen LogP contribution is 1.89. The van der Waals surface area contributed by atoms with Crippen molar-refractivity contribution in [1.82, 2.24) is 20.4 Å². The van der Waals surface area contributed by atoms with Crippen LogP contribution in [0.15, 0.2) is 23.3 Å². The molecule has 7 heteroatoms. The van der Waals surface area contributed by atoms with E-state index in [0.29, 0.717) is 19.6 Å². The number of guanidine groups is 1. The summed E-state index contributed by atoms with van der Waals surface area (Å²) in [4.78, 5) is 5.07. The lowest BCUT2D eigenvalue weighted by Gasteiger charge is -2.13. The molecule has 7 nitrogen and oxygen atoms in total. The molecule has 0 fully saturated rings. The first-order valence-corrected chi connectivity index (χ1v) is 5.14. The van der Waals surface area contributed by atoms with Gasteiger partial charge in [0.25, 0.3) is 0 Å². The van der Waals surface area contributed by atoms with Crippen molar-refractivity contribution in [1.29, 1.82) is 5.26 Å². The lowest BCUT2D eigenvalue weighted by molar-refractivity contribution is 0.524. The fourth-order valence-electron chi connectivity index (χ4n) is 1.17. The summed E-state index contributed by atoms with van der Waals surface area (Å²) < 4.78 is 0. The van der Waals surface area contributed by atoms with Crippen LogP contribution >= 0.6 is 0 Å². The first-order chi connectivity index (χ1) is 8.27. The van der Waals surface area contributed by atoms with Gasteiger partial charge in [-0.2, -0.15) is 15.5 Å². The van der Waals surface area contributed by atoms with Crippen molar-refractivity contribution < 1.29 is 0 Å². The molecule has 0 bridgehead atoms. The molecule has 0 aliphatic heterocycles. The monoisotopic (exact) mass is 233 g/mol. The van der Waals surface area contributed by atoms with E-state index in [2.05, 4.69) is 20.5 Å². The summed E-state index contributed by atoms with van der Waals surface area (Å²) in [7, 11) is 1.55. The second-order valence-corrected chi connectivity index (χ2v) is 3.23. The highest BCUT2D eigenvalue weighted by Gasteiger charge is 2.04. The molecule has 0 spiro atoms. The van der Waals surface area contributed by atoms with Crippen LogP contribution in [-0.4, -0.2) is 41.2 Å². The Morgan fingerprint density at radius 3 is 3.12 bits per heavy atom. The van der Waals surface area contributed by atoms with Gasteiger partial charge in [0, 0.05) is 32.9 Å². The van der Waals surface area contributed by atoms with Gasteiger partial charge >= 0.3 is 0 Å². The summed E-state index contributed by atoms with van der Waals surface area (Å²) in [5.41, 5.74) is 6.38. The largest absolute Gasteiger partial charge is 0.369 e. The molecule has 0 atom stereocenters. The second kappa shape index (κ2) is 7.14. The standard InChI is InChI=1S/C10H15N7/c1-13-10(12)17(8-11)6-5-14-7-9-3-2-4-15-16-9/h2-4,14H,5-7H2,1H3,(H2,12,13). The number of nitrogens with two attached hydrogens (primary N) is 1. The van der Waals surface area contributed by atoms with Crippen molar-refractivity contribution in [3.05, 3.63) is 24.0 Å². The fraction of sp³-hybridized carbons (Fsp3) is 0.400. The lowest BCUT2D eigenvalue weighted by atomic mass is 10.4. The summed E-state index contributed by atoms with van der Waals surface area (Å²) in [6.45, 7) is 1.69. The van der Waals surface area contributed by atoms with Gasteiger partial charge < -0.3 is 11.1 Å². The third kappa shape index (κ3) is 4.44. The van der Waals surface area contributed by atoms with Crippen LogP contribution in [0.3, 0.4) is 0 Å². The molecule has 0 saturated carbocycles. The Labute approximate surface area is 100.0 Å². The number of rotatable bonds is 5. The molecule has 1 rings (SSSR count). The Kier molecular flexibility index (Phi) is 5.40. The predicted molar refractivity (Wildman–Crippen MR) is 63.6 cm³/mol. The normalized spacial score (nSPS) is 10.9. The minimum absolute atomic E-state index is 0.216. The fourth-order valence-corrected chi connectivity index (χ4v) is 1.17. The molecule has 17 heavy (non-hydrogen) atoms. The van der Waals surface area contributed by atoms with Crippen molar-refractivity contribution in [2.45, 2.75) is 6.54 Å². The van der Waals surface area contributed by atoms with Crippen molar-refractivity contribution in [2.75, 3.05) is 20.1 Å². The highest BCUT2D eigenvalue weighted by atomic mass is 15.2. The summed E-state index contributed by atoms with van der Waals surface area (Å²) in [6, 6.07) is 3.71. The predicted octanol–water partition coefficient (Wildman–Crippen LogP) is -0.706. The van der Waals surface area contributed by atoms with Gasteiger partial charge in [0.05, 0.1) is 5.69 Å². The van der Waals surface area contributed by atoms with Gasteiger partial charge in [0.1, 0.15) is 0 Å². The van der Waals surface area contributed by atoms with E-state index in [-0.39, 0.29) is 5.96 Å². The van der Waals surface area contributed by atoms with Gasteiger partial charge in [-0.1, -0.05) is 0 Å². The molecule has 0 aliphatic rings. The van der Waals surface area contributed by atoms with Gasteiger partial charge in [0.15, 0.2) is 6.19 Å². The highest BCUT2D eigenvalue weighted by molar-refractivity contribution is 5.79. The number of nitrogens with zero attached hydrogens (tertiary/aromatic N) is 5. The van der Waals surface area contributed by atoms with E-state index in [4.69, 9.17) is 11.0 Å². The zero-order valence-electron chi connectivity index (χ0n) is 9.67. The topological polar surface area (TPSA) is 103 Å². The lowest BCUT2D eigenvalue weighted by Crippen LogP contribution is -2.38. The average molecular weight is 233 g/mol. The molecular weight excluding hydrogens is 218 g/mol. The number of aliphatic imine (C=N–C) groups is 1. The third-order valence-electron chi connectivity index (χ3n) is 2.07. The van der Waals surface area contributed by atoms with E-state index in [1.165, 1.54) is 4.90 Å². The first-order valence-electron chi connectivity index (χ1n) is 5.14. The molecule has 90 valence electrons. The molecule has 0 unspecified atom stereocenters. The minimum atomic E-state index is 0.216. The summed E-state index contributed by atoms with van der Waals surface area (Å²) in [6.07, 6.45) is 3.59. The first kappa shape index (κ1) is 12.9. The number of aromatic nitrogens is 2. The SMILES string of the molecule is CN=C(N)N(C#N)CCNCc1cccnn1. The van der Waals surface area contributed by atoms with Crippen LogP contribution < -0.4 is 11.1 Å². The summed E-state index contributed by atoms with van der Waals surface area (Å²) >= 11 is 0. The maximum atomic E-state index is 8.81. The van der Waals surface area contributed by atoms with Crippen LogP contribution in [-0.2, 0) is 6.54 Å². The van der Waals surface area contributed by atoms with E-state index in [9.17, 15) is 0 Å². The Morgan fingerprint density at radius 1 is 1.71 bits per heavy atom. The molecular formula is C10H15N7. The summed E-state index contributed by atoms with van der Waals surface area (Å²) in [5.74, 6) is 0.216. The van der Waals surface area contributed by atoms with Crippen LogP contribution in [0.25, 0.3) is 0 Å². The average Bonchev–Trinajstić information content (AvgIpc) is 2.39. The zero-order valence-corrected chi connectivity index (χ0v) is 9.67. The number of hydrogen-bond donors (Lipinski definition) is 2. The van der Waals surface area contributed by atoms with Crippen molar-refractivity contribution >= 4 is 5.96 Å². The van der Waals surface area contributed by atoms with Crippen LogP contribution in [0, 0.1) is 11.5 Å². The molecule has 0 aliphatic carbocycles. The molecule has 3 N–H and O–H groups in total. The molecule has 0 aromatic carbocycles. The smallest absolute Gasteiger partial charge is 0.204 e. The molecule has 1 aromatic heterocycles. The number of hydrogen-bond acceptors (Lipinski definition) is 5. The van der Waals surface area contributed by atoms with Gasteiger partial charge in [-0.05, 0) is 12.1 Å². The Morgan fingerprint density at radius 2 is 2.53 bits per heavy atom. The van der Waals surface area contributed by atoms with Crippen molar-refractivity contribution in [2.24, 2.45) is 10.7 Å². The van der Waals surface area contributed by atoms with E-state index < -0.39 is 0 Å². The number of nitriles is 1. The van der Waals surface area contributed by atoms with E-state index in [0.717, 1.165) is 5.69 Å². The second-order valence-electron chi connectivity index (χ2n) is 3.23. The molecule has 0 radical (unpaired) electrons. The van der Waals surface area contributed by atoms with E-state index in [1.807, 2.05) is 18.3 Å². The molecule has 0 saturated heterocycles. The van der Waals surface area contributed by atoms with Crippen molar-refractivity contribution in [3.63, 3.8) is 0 Å². The van der Waals surface area contributed by atoms with E-state index >= 15 is 0 Å². The summed E-state index contributed by atoms with van der Waals surface area (Å²) in [5, 5.41) is 19.6. The Hall–Kier alpha value is -2.20. The van der Waals surface area contributed by atoms with Crippen LogP contribution in [0.4, 0.5) is 0 Å². The van der Waals surface area contributed by atoms with Crippen LogP contribution in [0.5, 0.6) is 0 Å². The third-order valence-corrected chi connectivity index (χ3v) is 2.07. The van der Waals surface area contributed by atoms with Crippen molar-refractivity contribution in [3.8, 4) is 6.19 Å². The minimum Gasteiger partial charge on any atom is -0.369 e. The van der Waals surface area contributed by atoms with Gasteiger partial charge in [-0.15, -0.1) is 0 Å². The number of nitrogens with one attached hydrogen (secondary N) is 1. The van der Waals surface area contributed by atoms with Gasteiger partial charge in [0.2, 0.25) is 5.96 Å². The molecule has 1 aromatic rings.